The van der Waals surface area contributed by atoms with Crippen LogP contribution in [0.1, 0.15) is 20.8 Å². The fourth-order valence-electron chi connectivity index (χ4n) is 0.997. The van der Waals surface area contributed by atoms with Crippen LogP contribution in [0, 0.1) is 12.3 Å². The first-order valence-electron chi connectivity index (χ1n) is 4.44. The Labute approximate surface area is 84.0 Å². The first kappa shape index (κ1) is 10.9. The number of hydrogen-bond acceptors (Lipinski definition) is 3. The summed E-state index contributed by atoms with van der Waals surface area (Å²) in [5, 5.41) is 2.61. The van der Waals surface area contributed by atoms with Gasteiger partial charge in [0.1, 0.15) is 5.60 Å². The summed E-state index contributed by atoms with van der Waals surface area (Å²) in [6, 6.07) is 0. The Hall–Kier alpha value is -1.21. The maximum absolute atomic E-state index is 11.3. The summed E-state index contributed by atoms with van der Waals surface area (Å²) in [6.45, 7) is 6.09. The highest BCUT2D eigenvalue weighted by Crippen LogP contribution is 2.16. The topological polar surface area (TPSA) is 47.6 Å². The van der Waals surface area contributed by atoms with Crippen molar-refractivity contribution in [3.63, 3.8) is 0 Å². The summed E-state index contributed by atoms with van der Waals surface area (Å²) in [5.41, 5.74) is -1.17. The zero-order valence-corrected chi connectivity index (χ0v) is 8.72. The summed E-state index contributed by atoms with van der Waals surface area (Å²) in [5.74, 6) is 2.49. The molecule has 0 aliphatic carbocycles. The molecule has 1 heterocycles. The molecule has 1 aliphatic heterocycles. The Kier molecular flexibility index (Phi) is 2.72. The molecule has 4 nitrogen and oxygen atoms in total. The van der Waals surface area contributed by atoms with Gasteiger partial charge in [-0.2, -0.15) is 0 Å². The van der Waals surface area contributed by atoms with Crippen LogP contribution in [0.3, 0.4) is 0 Å². The highest BCUT2D eigenvalue weighted by Gasteiger charge is 2.39. The molecule has 1 saturated heterocycles. The molecule has 0 aromatic heterocycles. The minimum Gasteiger partial charge on any atom is -0.444 e. The van der Waals surface area contributed by atoms with Crippen LogP contribution in [-0.4, -0.2) is 30.4 Å². The Balaban J connectivity index is 2.45. The van der Waals surface area contributed by atoms with E-state index in [0.29, 0.717) is 13.2 Å². The standard InChI is InChI=1S/C10H15NO3/c1-5-10(6-13-7-10)11-8(12)14-9(2,3)4/h1H,6-7H2,2-4H3,(H,11,12). The normalized spacial score (nSPS) is 19.0. The van der Waals surface area contributed by atoms with E-state index in [0.717, 1.165) is 0 Å². The van der Waals surface area contributed by atoms with Gasteiger partial charge in [0.25, 0.3) is 0 Å². The number of amides is 1. The molecule has 0 atom stereocenters. The molecule has 1 rings (SSSR count). The SMILES string of the molecule is C#CC1(NC(=O)OC(C)(C)C)COC1. The molecular weight excluding hydrogens is 182 g/mol. The minimum atomic E-state index is -0.664. The fourth-order valence-corrected chi connectivity index (χ4v) is 0.997. The van der Waals surface area contributed by atoms with Crippen LogP contribution in [0.15, 0.2) is 0 Å². The van der Waals surface area contributed by atoms with Crippen LogP contribution in [0.5, 0.6) is 0 Å². The van der Waals surface area contributed by atoms with Crippen molar-refractivity contribution in [3.05, 3.63) is 0 Å². The van der Waals surface area contributed by atoms with Gasteiger partial charge in [-0.25, -0.2) is 4.79 Å². The second kappa shape index (κ2) is 3.50. The number of hydrogen-bond donors (Lipinski definition) is 1. The summed E-state index contributed by atoms with van der Waals surface area (Å²) >= 11 is 0. The summed E-state index contributed by atoms with van der Waals surface area (Å²) in [4.78, 5) is 11.3. The van der Waals surface area contributed by atoms with Crippen molar-refractivity contribution in [2.24, 2.45) is 0 Å². The average Bonchev–Trinajstić information content (AvgIpc) is 1.93. The minimum absolute atomic E-state index is 0.350. The first-order valence-corrected chi connectivity index (χ1v) is 4.44. The summed E-state index contributed by atoms with van der Waals surface area (Å²) in [6.07, 6.45) is 4.78. The number of alkyl carbamates (subject to hydrolysis) is 1. The van der Waals surface area contributed by atoms with Gasteiger partial charge in [0.2, 0.25) is 0 Å². The maximum Gasteiger partial charge on any atom is 0.409 e. The van der Waals surface area contributed by atoms with Gasteiger partial charge in [0, 0.05) is 0 Å². The van der Waals surface area contributed by atoms with E-state index in [4.69, 9.17) is 15.9 Å². The molecule has 1 fully saturated rings. The molecule has 1 aliphatic rings. The number of rotatable bonds is 1. The smallest absolute Gasteiger partial charge is 0.409 e. The van der Waals surface area contributed by atoms with Crippen molar-refractivity contribution in [2.75, 3.05) is 13.2 Å². The zero-order valence-electron chi connectivity index (χ0n) is 8.72. The fraction of sp³-hybridized carbons (Fsp3) is 0.700. The van der Waals surface area contributed by atoms with E-state index in [1.54, 1.807) is 20.8 Å². The predicted molar refractivity (Wildman–Crippen MR) is 51.8 cm³/mol. The summed E-state index contributed by atoms with van der Waals surface area (Å²) < 4.78 is 10.0. The number of terminal acetylenes is 1. The molecule has 1 amide bonds. The molecule has 0 aromatic carbocycles. The van der Waals surface area contributed by atoms with Gasteiger partial charge in [-0.05, 0) is 20.8 Å². The van der Waals surface area contributed by atoms with Crippen molar-refractivity contribution in [1.29, 1.82) is 0 Å². The van der Waals surface area contributed by atoms with Crippen molar-refractivity contribution in [3.8, 4) is 12.3 Å². The molecule has 4 heteroatoms. The van der Waals surface area contributed by atoms with Crippen molar-refractivity contribution >= 4 is 6.09 Å². The third kappa shape index (κ3) is 2.64. The zero-order chi connectivity index (χ0) is 10.8. The largest absolute Gasteiger partial charge is 0.444 e. The molecule has 0 saturated carbocycles. The van der Waals surface area contributed by atoms with E-state index in [-0.39, 0.29) is 0 Å². The molecular formula is C10H15NO3. The second-order valence-electron chi connectivity index (χ2n) is 4.35. The number of carbonyl (C=O) groups is 1. The van der Waals surface area contributed by atoms with Crippen LogP contribution in [0.25, 0.3) is 0 Å². The van der Waals surface area contributed by atoms with Gasteiger partial charge >= 0.3 is 6.09 Å². The Bertz CT molecular complexity index is 268. The van der Waals surface area contributed by atoms with E-state index in [1.165, 1.54) is 0 Å². The molecule has 1 N–H and O–H groups in total. The van der Waals surface area contributed by atoms with Crippen molar-refractivity contribution in [2.45, 2.75) is 31.9 Å². The third-order valence-corrected chi connectivity index (χ3v) is 1.71. The van der Waals surface area contributed by atoms with Crippen LogP contribution in [0.2, 0.25) is 0 Å². The Morgan fingerprint density at radius 2 is 2.14 bits per heavy atom. The average molecular weight is 197 g/mol. The lowest BCUT2D eigenvalue weighted by atomic mass is 9.99. The van der Waals surface area contributed by atoms with Gasteiger partial charge in [0.15, 0.2) is 5.54 Å². The number of nitrogens with one attached hydrogen (secondary N) is 1. The highest BCUT2D eigenvalue weighted by molar-refractivity contribution is 5.70. The van der Waals surface area contributed by atoms with E-state index >= 15 is 0 Å². The Morgan fingerprint density at radius 3 is 2.43 bits per heavy atom. The van der Waals surface area contributed by atoms with Crippen LogP contribution in [0.4, 0.5) is 4.79 Å². The third-order valence-electron chi connectivity index (χ3n) is 1.71. The molecule has 0 radical (unpaired) electrons. The van der Waals surface area contributed by atoms with Gasteiger partial charge in [-0.1, -0.05) is 5.92 Å². The molecule has 0 spiro atoms. The number of ether oxygens (including phenoxy) is 2. The molecule has 0 unspecified atom stereocenters. The van der Waals surface area contributed by atoms with E-state index in [2.05, 4.69) is 11.2 Å². The van der Waals surface area contributed by atoms with E-state index < -0.39 is 17.2 Å². The molecule has 0 aromatic rings. The van der Waals surface area contributed by atoms with Gasteiger partial charge in [0.05, 0.1) is 13.2 Å². The molecule has 78 valence electrons. The first-order chi connectivity index (χ1) is 6.37. The van der Waals surface area contributed by atoms with Gasteiger partial charge < -0.3 is 14.8 Å². The van der Waals surface area contributed by atoms with E-state index in [1.807, 2.05) is 0 Å². The lowest BCUT2D eigenvalue weighted by Crippen LogP contribution is -2.61. The van der Waals surface area contributed by atoms with Crippen LogP contribution < -0.4 is 5.32 Å². The predicted octanol–water partition coefficient (Wildman–Crippen LogP) is 0.913. The monoisotopic (exact) mass is 197 g/mol. The van der Waals surface area contributed by atoms with Gasteiger partial charge in [-0.15, -0.1) is 6.42 Å². The Morgan fingerprint density at radius 1 is 1.57 bits per heavy atom. The second-order valence-corrected chi connectivity index (χ2v) is 4.35. The number of carbonyl (C=O) groups excluding carboxylic acids is 1. The van der Waals surface area contributed by atoms with Crippen molar-refractivity contribution in [1.82, 2.24) is 5.32 Å². The summed E-state index contributed by atoms with van der Waals surface area (Å²) in [7, 11) is 0. The molecule has 14 heavy (non-hydrogen) atoms. The maximum atomic E-state index is 11.3. The van der Waals surface area contributed by atoms with Crippen LogP contribution in [-0.2, 0) is 9.47 Å². The molecule has 0 bridgehead atoms. The van der Waals surface area contributed by atoms with Crippen LogP contribution >= 0.6 is 0 Å². The highest BCUT2D eigenvalue weighted by atomic mass is 16.6. The van der Waals surface area contributed by atoms with Gasteiger partial charge in [-0.3, -0.25) is 0 Å². The quantitative estimate of drug-likeness (QED) is 0.636. The lowest BCUT2D eigenvalue weighted by Gasteiger charge is -2.37. The van der Waals surface area contributed by atoms with E-state index in [9.17, 15) is 4.79 Å². The van der Waals surface area contributed by atoms with Crippen molar-refractivity contribution < 1.29 is 14.3 Å². The lowest BCUT2D eigenvalue weighted by molar-refractivity contribution is -0.0465.